The van der Waals surface area contributed by atoms with E-state index in [-0.39, 0.29) is 5.75 Å². The Hall–Kier alpha value is -2.13. The average Bonchev–Trinajstić information content (AvgIpc) is 2.39. The van der Waals surface area contributed by atoms with E-state index in [1.165, 1.54) is 18.2 Å². The lowest BCUT2D eigenvalue weighted by molar-refractivity contribution is -0.131. The third kappa shape index (κ3) is 6.97. The number of benzene rings is 1. The second kappa shape index (κ2) is 7.63. The van der Waals surface area contributed by atoms with Crippen LogP contribution in [-0.4, -0.2) is 36.4 Å². The summed E-state index contributed by atoms with van der Waals surface area (Å²) >= 11 is 0. The van der Waals surface area contributed by atoms with Gasteiger partial charge in [-0.1, -0.05) is 6.92 Å². The van der Waals surface area contributed by atoms with Crippen molar-refractivity contribution in [2.45, 2.75) is 39.7 Å². The highest BCUT2D eigenvalue weighted by Crippen LogP contribution is 2.23. The van der Waals surface area contributed by atoms with Gasteiger partial charge in [-0.15, -0.1) is 0 Å². The normalized spacial score (nSPS) is 11.7. The molecule has 0 aromatic heterocycles. The van der Waals surface area contributed by atoms with Crippen molar-refractivity contribution in [1.82, 2.24) is 0 Å². The molecule has 2 N–H and O–H groups in total. The van der Waals surface area contributed by atoms with Gasteiger partial charge < -0.3 is 9.47 Å². The zero-order chi connectivity index (χ0) is 18.5. The summed E-state index contributed by atoms with van der Waals surface area (Å²) in [4.78, 5) is 23.2. The minimum absolute atomic E-state index is 0.122. The zero-order valence-corrected chi connectivity index (χ0v) is 14.8. The Bertz CT molecular complexity index is 725. The first kappa shape index (κ1) is 19.9. The number of aryl methyl sites for hydroxylation is 1. The highest BCUT2D eigenvalue weighted by atomic mass is 32.2. The molecule has 0 bridgehead atoms. The second-order valence-electron chi connectivity index (χ2n) is 5.81. The van der Waals surface area contributed by atoms with E-state index in [0.717, 1.165) is 0 Å². The van der Waals surface area contributed by atoms with Crippen LogP contribution in [0.25, 0.3) is 0 Å². The summed E-state index contributed by atoms with van der Waals surface area (Å²) in [5.74, 6) is -2.12. The lowest BCUT2D eigenvalue weighted by atomic mass is 10.1. The fourth-order valence-electron chi connectivity index (χ4n) is 1.61. The molecule has 0 heterocycles. The molecule has 1 aromatic carbocycles. The molecule has 0 unspecified atom stereocenters. The SMILES string of the molecule is CCC(C)(C)OC(=O)Nc1ccc(OC(=O)CS(=O)(=O)O)c(C)c1. The van der Waals surface area contributed by atoms with E-state index >= 15 is 0 Å². The van der Waals surface area contributed by atoms with Crippen molar-refractivity contribution in [2.24, 2.45) is 0 Å². The topological polar surface area (TPSA) is 119 Å². The van der Waals surface area contributed by atoms with Crippen molar-refractivity contribution in [3.63, 3.8) is 0 Å². The van der Waals surface area contributed by atoms with Gasteiger partial charge in [0.25, 0.3) is 10.1 Å². The maximum Gasteiger partial charge on any atom is 0.412 e. The molecule has 1 rings (SSSR count). The Morgan fingerprint density at radius 2 is 1.92 bits per heavy atom. The molecule has 0 saturated heterocycles. The van der Waals surface area contributed by atoms with E-state index in [2.05, 4.69) is 5.32 Å². The summed E-state index contributed by atoms with van der Waals surface area (Å²) in [6, 6.07) is 4.41. The number of esters is 1. The number of carbonyl (C=O) groups excluding carboxylic acids is 2. The van der Waals surface area contributed by atoms with Gasteiger partial charge in [0.2, 0.25) is 0 Å². The van der Waals surface area contributed by atoms with Crippen molar-refractivity contribution in [3.05, 3.63) is 23.8 Å². The maximum atomic E-state index is 11.8. The van der Waals surface area contributed by atoms with Crippen molar-refractivity contribution >= 4 is 27.9 Å². The van der Waals surface area contributed by atoms with Crippen LogP contribution in [-0.2, 0) is 19.6 Å². The molecule has 0 saturated carbocycles. The Kier molecular flexibility index (Phi) is 6.33. The van der Waals surface area contributed by atoms with Gasteiger partial charge in [0.05, 0.1) is 0 Å². The fraction of sp³-hybridized carbons (Fsp3) is 0.467. The molecule has 9 heteroatoms. The first-order chi connectivity index (χ1) is 10.9. The molecular formula is C15H21NO7S. The van der Waals surface area contributed by atoms with Gasteiger partial charge in [0.15, 0.2) is 5.75 Å². The predicted octanol–water partition coefficient (Wildman–Crippen LogP) is 2.53. The molecule has 0 aliphatic rings. The highest BCUT2D eigenvalue weighted by Gasteiger charge is 2.21. The van der Waals surface area contributed by atoms with Gasteiger partial charge in [-0.05, 0) is 51.0 Å². The number of carbonyl (C=O) groups is 2. The number of nitrogens with one attached hydrogen (secondary N) is 1. The van der Waals surface area contributed by atoms with Gasteiger partial charge in [-0.25, -0.2) is 4.79 Å². The van der Waals surface area contributed by atoms with Crippen molar-refractivity contribution in [1.29, 1.82) is 0 Å². The van der Waals surface area contributed by atoms with Crippen molar-refractivity contribution < 1.29 is 32.0 Å². The standard InChI is InChI=1S/C15H21NO7S/c1-5-15(3,4)23-14(18)16-11-6-7-12(10(2)8-11)22-13(17)9-24(19,20)21/h6-8H,5,9H2,1-4H3,(H,16,18)(H,19,20,21). The summed E-state index contributed by atoms with van der Waals surface area (Å²) in [6.45, 7) is 7.08. The molecule has 1 amide bonds. The number of amides is 1. The lowest BCUT2D eigenvalue weighted by Gasteiger charge is -2.23. The summed E-state index contributed by atoms with van der Waals surface area (Å²) in [5, 5.41) is 2.55. The minimum Gasteiger partial charge on any atom is -0.443 e. The molecule has 0 atom stereocenters. The molecule has 0 fully saturated rings. The van der Waals surface area contributed by atoms with Gasteiger partial charge in [-0.2, -0.15) is 8.42 Å². The molecule has 134 valence electrons. The van der Waals surface area contributed by atoms with Crippen LogP contribution in [0.3, 0.4) is 0 Å². The number of anilines is 1. The van der Waals surface area contributed by atoms with Crippen LogP contribution < -0.4 is 10.1 Å². The van der Waals surface area contributed by atoms with Gasteiger partial charge in [0, 0.05) is 5.69 Å². The molecule has 1 aromatic rings. The molecular weight excluding hydrogens is 338 g/mol. The maximum absolute atomic E-state index is 11.8. The van der Waals surface area contributed by atoms with E-state index in [4.69, 9.17) is 14.0 Å². The summed E-state index contributed by atoms with van der Waals surface area (Å²) in [7, 11) is -4.45. The van der Waals surface area contributed by atoms with Crippen LogP contribution in [0.5, 0.6) is 5.75 Å². The smallest absolute Gasteiger partial charge is 0.412 e. The fourth-order valence-corrected chi connectivity index (χ4v) is 1.97. The predicted molar refractivity (Wildman–Crippen MR) is 87.7 cm³/mol. The van der Waals surface area contributed by atoms with Crippen LogP contribution in [0.15, 0.2) is 18.2 Å². The molecule has 0 radical (unpaired) electrons. The largest absolute Gasteiger partial charge is 0.443 e. The van der Waals surface area contributed by atoms with Crippen LogP contribution in [0, 0.1) is 6.92 Å². The quantitative estimate of drug-likeness (QED) is 0.455. The minimum atomic E-state index is -4.45. The molecule has 0 spiro atoms. The van der Waals surface area contributed by atoms with Crippen LogP contribution in [0.1, 0.15) is 32.8 Å². The third-order valence-electron chi connectivity index (χ3n) is 3.17. The van der Waals surface area contributed by atoms with Crippen molar-refractivity contribution in [2.75, 3.05) is 11.1 Å². The Morgan fingerprint density at radius 1 is 1.29 bits per heavy atom. The average molecular weight is 359 g/mol. The zero-order valence-electron chi connectivity index (χ0n) is 14.0. The lowest BCUT2D eigenvalue weighted by Crippen LogP contribution is -2.29. The van der Waals surface area contributed by atoms with Gasteiger partial charge >= 0.3 is 12.1 Å². The summed E-state index contributed by atoms with van der Waals surface area (Å²) in [5.41, 5.74) is 0.329. The van der Waals surface area contributed by atoms with E-state index in [1.54, 1.807) is 20.8 Å². The monoisotopic (exact) mass is 359 g/mol. The third-order valence-corrected chi connectivity index (χ3v) is 3.77. The van der Waals surface area contributed by atoms with E-state index in [9.17, 15) is 18.0 Å². The second-order valence-corrected chi connectivity index (χ2v) is 7.26. The number of ether oxygens (including phenoxy) is 2. The first-order valence-corrected chi connectivity index (χ1v) is 8.79. The van der Waals surface area contributed by atoms with E-state index < -0.39 is 33.5 Å². The number of rotatable bonds is 6. The molecule has 0 aliphatic heterocycles. The molecule has 24 heavy (non-hydrogen) atoms. The molecule has 0 aliphatic carbocycles. The summed E-state index contributed by atoms with van der Waals surface area (Å²) < 4.78 is 40.0. The van der Waals surface area contributed by atoms with Gasteiger partial charge in [0.1, 0.15) is 11.4 Å². The van der Waals surface area contributed by atoms with Gasteiger partial charge in [-0.3, -0.25) is 14.7 Å². The van der Waals surface area contributed by atoms with Crippen LogP contribution in [0.2, 0.25) is 0 Å². The number of hydrogen-bond donors (Lipinski definition) is 2. The number of hydrogen-bond acceptors (Lipinski definition) is 6. The summed E-state index contributed by atoms with van der Waals surface area (Å²) in [6.07, 6.45) is 0.0413. The Labute approximate surface area is 140 Å². The van der Waals surface area contributed by atoms with E-state index in [1.807, 2.05) is 6.92 Å². The van der Waals surface area contributed by atoms with Crippen LogP contribution in [0.4, 0.5) is 10.5 Å². The van der Waals surface area contributed by atoms with Crippen LogP contribution >= 0.6 is 0 Å². The van der Waals surface area contributed by atoms with E-state index in [0.29, 0.717) is 17.7 Å². The van der Waals surface area contributed by atoms with Crippen molar-refractivity contribution in [3.8, 4) is 5.75 Å². The molecule has 8 nitrogen and oxygen atoms in total. The highest BCUT2D eigenvalue weighted by molar-refractivity contribution is 7.86. The Balaban J connectivity index is 2.74. The Morgan fingerprint density at radius 3 is 2.42 bits per heavy atom. The first-order valence-electron chi connectivity index (χ1n) is 7.18.